The summed E-state index contributed by atoms with van der Waals surface area (Å²) in [5.74, 6) is -0.465. The van der Waals surface area contributed by atoms with Gasteiger partial charge >= 0.3 is 0 Å². The summed E-state index contributed by atoms with van der Waals surface area (Å²) in [6.45, 7) is 1.76. The molecule has 0 spiro atoms. The van der Waals surface area contributed by atoms with Crippen LogP contribution >= 0.6 is 0 Å². The molecule has 132 valence electrons. The van der Waals surface area contributed by atoms with Gasteiger partial charge in [-0.3, -0.25) is 9.59 Å². The molecule has 2 rings (SSSR count). The number of aliphatic hydroxyl groups excluding tert-OH is 1. The third-order valence-corrected chi connectivity index (χ3v) is 3.82. The molecule has 25 heavy (non-hydrogen) atoms. The van der Waals surface area contributed by atoms with Gasteiger partial charge in [0.2, 0.25) is 11.8 Å². The number of carbonyl (C=O) groups excluding carboxylic acids is 2. The molecule has 0 aromatic heterocycles. The van der Waals surface area contributed by atoms with Crippen molar-refractivity contribution >= 4 is 11.8 Å². The predicted octanol–water partition coefficient (Wildman–Crippen LogP) is 1.97. The number of benzene rings is 2. The molecule has 0 fully saturated rings. The Hall–Kier alpha value is -2.66. The average Bonchev–Trinajstić information content (AvgIpc) is 2.61. The number of aliphatic hydroxyl groups is 1. The lowest BCUT2D eigenvalue weighted by Gasteiger charge is -2.18. The summed E-state index contributed by atoms with van der Waals surface area (Å²) in [7, 11) is 0. The lowest BCUT2D eigenvalue weighted by Crippen LogP contribution is -2.41. The Bertz CT molecular complexity index is 674. The van der Waals surface area contributed by atoms with Crippen LogP contribution in [0.5, 0.6) is 0 Å². The number of hydrogen-bond acceptors (Lipinski definition) is 3. The largest absolute Gasteiger partial charge is 0.388 e. The molecule has 0 saturated heterocycles. The van der Waals surface area contributed by atoms with Gasteiger partial charge < -0.3 is 15.7 Å². The van der Waals surface area contributed by atoms with Crippen LogP contribution < -0.4 is 10.6 Å². The van der Waals surface area contributed by atoms with Crippen molar-refractivity contribution in [1.29, 1.82) is 0 Å². The Balaban J connectivity index is 1.69. The highest BCUT2D eigenvalue weighted by molar-refractivity contribution is 5.85. The van der Waals surface area contributed by atoms with Gasteiger partial charge in [-0.15, -0.1) is 0 Å². The smallest absolute Gasteiger partial charge is 0.239 e. The molecule has 0 aliphatic heterocycles. The van der Waals surface area contributed by atoms with Crippen molar-refractivity contribution in [1.82, 2.24) is 10.6 Å². The van der Waals surface area contributed by atoms with Gasteiger partial charge in [-0.05, 0) is 24.5 Å². The van der Waals surface area contributed by atoms with Crippen molar-refractivity contribution in [2.75, 3.05) is 6.54 Å². The zero-order valence-corrected chi connectivity index (χ0v) is 14.3. The quantitative estimate of drug-likeness (QED) is 0.687. The maximum absolute atomic E-state index is 11.9. The van der Waals surface area contributed by atoms with Gasteiger partial charge in [0.15, 0.2) is 0 Å². The molecular weight excluding hydrogens is 316 g/mol. The maximum Gasteiger partial charge on any atom is 0.239 e. The van der Waals surface area contributed by atoms with Gasteiger partial charge in [-0.2, -0.15) is 0 Å². The molecule has 5 heteroatoms. The molecule has 0 aliphatic carbocycles. The third kappa shape index (κ3) is 6.77. The fourth-order valence-electron chi connectivity index (χ4n) is 2.55. The monoisotopic (exact) mass is 340 g/mol. The van der Waals surface area contributed by atoms with E-state index in [-0.39, 0.29) is 30.8 Å². The van der Waals surface area contributed by atoms with Gasteiger partial charge in [0.25, 0.3) is 0 Å². The maximum atomic E-state index is 11.9. The van der Waals surface area contributed by atoms with Crippen molar-refractivity contribution in [3.05, 3.63) is 71.8 Å². The van der Waals surface area contributed by atoms with E-state index in [1.807, 2.05) is 67.6 Å². The molecule has 2 atom stereocenters. The van der Waals surface area contributed by atoms with Crippen LogP contribution in [0.15, 0.2) is 60.7 Å². The van der Waals surface area contributed by atoms with E-state index in [2.05, 4.69) is 10.6 Å². The molecular formula is C20H24N2O3. The van der Waals surface area contributed by atoms with Crippen molar-refractivity contribution < 1.29 is 14.7 Å². The third-order valence-electron chi connectivity index (χ3n) is 3.82. The Morgan fingerprint density at radius 2 is 1.56 bits per heavy atom. The van der Waals surface area contributed by atoms with E-state index >= 15 is 0 Å². The van der Waals surface area contributed by atoms with Crippen LogP contribution in [-0.2, 0) is 16.0 Å². The molecule has 2 amide bonds. The van der Waals surface area contributed by atoms with E-state index in [9.17, 15) is 14.7 Å². The summed E-state index contributed by atoms with van der Waals surface area (Å²) in [5.41, 5.74) is 1.72. The number of carbonyl (C=O) groups is 2. The molecule has 0 saturated carbocycles. The zero-order chi connectivity index (χ0) is 18.1. The first kappa shape index (κ1) is 18.7. The van der Waals surface area contributed by atoms with Crippen LogP contribution in [0.1, 0.15) is 30.6 Å². The number of amides is 2. The van der Waals surface area contributed by atoms with Crippen LogP contribution in [0.4, 0.5) is 0 Å². The minimum atomic E-state index is -0.635. The summed E-state index contributed by atoms with van der Waals surface area (Å²) in [6.07, 6.45) is 0.0218. The molecule has 2 unspecified atom stereocenters. The normalized spacial score (nSPS) is 12.9. The second kappa shape index (κ2) is 9.59. The molecule has 2 aromatic rings. The van der Waals surface area contributed by atoms with E-state index in [0.29, 0.717) is 6.42 Å². The fraction of sp³-hybridized carbons (Fsp3) is 0.300. The highest BCUT2D eigenvalue weighted by Gasteiger charge is 2.14. The van der Waals surface area contributed by atoms with Crippen LogP contribution in [0.3, 0.4) is 0 Å². The summed E-state index contributed by atoms with van der Waals surface area (Å²) < 4.78 is 0. The second-order valence-corrected chi connectivity index (χ2v) is 6.07. The van der Waals surface area contributed by atoms with Crippen LogP contribution in [0.2, 0.25) is 0 Å². The highest BCUT2D eigenvalue weighted by atomic mass is 16.3. The Morgan fingerprint density at radius 1 is 0.960 bits per heavy atom. The van der Waals surface area contributed by atoms with E-state index in [4.69, 9.17) is 0 Å². The highest BCUT2D eigenvalue weighted by Crippen LogP contribution is 2.17. The molecule has 2 aromatic carbocycles. The molecule has 3 N–H and O–H groups in total. The summed E-state index contributed by atoms with van der Waals surface area (Å²) in [5, 5.41) is 15.6. The van der Waals surface area contributed by atoms with E-state index in [1.54, 1.807) is 0 Å². The molecule has 0 aliphatic rings. The average molecular weight is 340 g/mol. The Labute approximate surface area is 148 Å². The van der Waals surface area contributed by atoms with Crippen LogP contribution in [-0.4, -0.2) is 29.5 Å². The minimum Gasteiger partial charge on any atom is -0.388 e. The Kier molecular flexibility index (Phi) is 7.16. The van der Waals surface area contributed by atoms with E-state index in [1.165, 1.54) is 0 Å². The molecule has 0 radical (unpaired) electrons. The van der Waals surface area contributed by atoms with Crippen molar-refractivity contribution in [3.63, 3.8) is 0 Å². The lowest BCUT2D eigenvalue weighted by molar-refractivity contribution is -0.126. The first-order valence-electron chi connectivity index (χ1n) is 8.37. The zero-order valence-electron chi connectivity index (χ0n) is 14.3. The van der Waals surface area contributed by atoms with Crippen molar-refractivity contribution in [3.8, 4) is 0 Å². The standard InChI is InChI=1S/C20H24N2O3/c1-15(12-18(23)17-10-6-3-7-11-17)22-20(25)14-21-19(24)13-16-8-4-2-5-9-16/h2-11,15,18,23H,12-14H2,1H3,(H,21,24)(H,22,25). The van der Waals surface area contributed by atoms with E-state index < -0.39 is 6.10 Å². The van der Waals surface area contributed by atoms with Gasteiger partial charge in [-0.1, -0.05) is 60.7 Å². The van der Waals surface area contributed by atoms with Crippen molar-refractivity contribution in [2.45, 2.75) is 31.9 Å². The second-order valence-electron chi connectivity index (χ2n) is 6.07. The van der Waals surface area contributed by atoms with Gasteiger partial charge in [0.1, 0.15) is 0 Å². The fourth-order valence-corrected chi connectivity index (χ4v) is 2.55. The molecule has 5 nitrogen and oxygen atoms in total. The van der Waals surface area contributed by atoms with Crippen molar-refractivity contribution in [2.24, 2.45) is 0 Å². The lowest BCUT2D eigenvalue weighted by atomic mass is 10.0. The number of hydrogen-bond donors (Lipinski definition) is 3. The van der Waals surface area contributed by atoms with Crippen LogP contribution in [0.25, 0.3) is 0 Å². The SMILES string of the molecule is CC(CC(O)c1ccccc1)NC(=O)CNC(=O)Cc1ccccc1. The predicted molar refractivity (Wildman–Crippen MR) is 96.8 cm³/mol. The first-order chi connectivity index (χ1) is 12.0. The number of rotatable bonds is 8. The minimum absolute atomic E-state index is 0.0720. The van der Waals surface area contributed by atoms with E-state index in [0.717, 1.165) is 11.1 Å². The van der Waals surface area contributed by atoms with Crippen LogP contribution in [0, 0.1) is 0 Å². The number of nitrogens with one attached hydrogen (secondary N) is 2. The summed E-state index contributed by atoms with van der Waals surface area (Å²) in [4.78, 5) is 23.8. The summed E-state index contributed by atoms with van der Waals surface area (Å²) in [6, 6.07) is 18.5. The topological polar surface area (TPSA) is 78.4 Å². The first-order valence-corrected chi connectivity index (χ1v) is 8.37. The Morgan fingerprint density at radius 3 is 2.20 bits per heavy atom. The molecule has 0 heterocycles. The summed E-state index contributed by atoms with van der Waals surface area (Å²) >= 11 is 0. The molecule has 0 bridgehead atoms. The van der Waals surface area contributed by atoms with Gasteiger partial charge in [0.05, 0.1) is 19.1 Å². The van der Waals surface area contributed by atoms with Gasteiger partial charge in [-0.25, -0.2) is 0 Å². The van der Waals surface area contributed by atoms with Gasteiger partial charge in [0, 0.05) is 6.04 Å².